The van der Waals surface area contributed by atoms with E-state index in [-0.39, 0.29) is 49.3 Å². The maximum atomic E-state index is 12.7. The van der Waals surface area contributed by atoms with Crippen LogP contribution in [0.5, 0.6) is 0 Å². The van der Waals surface area contributed by atoms with Crippen LogP contribution in [0.2, 0.25) is 0 Å². The zero-order chi connectivity index (χ0) is 17.0. The van der Waals surface area contributed by atoms with E-state index in [1.165, 1.54) is 13.5 Å². The predicted octanol–water partition coefficient (Wildman–Crippen LogP) is 1.65. The van der Waals surface area contributed by atoms with Gasteiger partial charge in [0.15, 0.2) is 0 Å². The Morgan fingerprint density at radius 2 is 1.79 bits per heavy atom. The van der Waals surface area contributed by atoms with E-state index in [0.29, 0.717) is 11.8 Å². The molecule has 2 aliphatic carbocycles. The van der Waals surface area contributed by atoms with Crippen LogP contribution in [0.3, 0.4) is 0 Å². The molecule has 0 aromatic heterocycles. The van der Waals surface area contributed by atoms with Crippen molar-refractivity contribution >= 4 is 24.3 Å². The van der Waals surface area contributed by atoms with Crippen LogP contribution in [-0.2, 0) is 19.1 Å². The topological polar surface area (TPSA) is 90.6 Å². The number of ether oxygens (including phenoxy) is 2. The molecule has 3 unspecified atom stereocenters. The molecule has 0 saturated heterocycles. The fourth-order valence-corrected chi connectivity index (χ4v) is 4.24. The molecule has 2 fully saturated rings. The fourth-order valence-electron chi connectivity index (χ4n) is 4.24. The Balaban J connectivity index is 0.00000288. The lowest BCUT2D eigenvalue weighted by molar-refractivity contribution is -0.143. The average molecular weight is 363 g/mol. The highest BCUT2D eigenvalue weighted by molar-refractivity contribution is 5.85. The Morgan fingerprint density at radius 1 is 1.21 bits per heavy atom. The summed E-state index contributed by atoms with van der Waals surface area (Å²) in [6.45, 7) is 2.09. The first kappa shape index (κ1) is 21.2. The van der Waals surface area contributed by atoms with Crippen molar-refractivity contribution in [3.63, 3.8) is 0 Å². The number of halogens is 1. The van der Waals surface area contributed by atoms with Crippen molar-refractivity contribution in [2.75, 3.05) is 20.8 Å². The summed E-state index contributed by atoms with van der Waals surface area (Å²) in [5, 5.41) is 3.03. The molecule has 3 N–H and O–H groups in total. The van der Waals surface area contributed by atoms with Gasteiger partial charge in [-0.15, -0.1) is 12.4 Å². The Labute approximate surface area is 150 Å². The number of methoxy groups -OCH3 is 2. The first-order chi connectivity index (χ1) is 10.9. The molecular formula is C17H31ClN2O4. The maximum absolute atomic E-state index is 12.7. The lowest BCUT2D eigenvalue weighted by Gasteiger charge is -2.44. The van der Waals surface area contributed by atoms with E-state index in [1.807, 2.05) is 6.92 Å². The quantitative estimate of drug-likeness (QED) is 0.701. The number of esters is 1. The number of rotatable bonds is 6. The number of nitrogens with two attached hydrogens (primary N) is 1. The number of hydrogen-bond acceptors (Lipinski definition) is 5. The second-order valence-electron chi connectivity index (χ2n) is 7.43. The summed E-state index contributed by atoms with van der Waals surface area (Å²) < 4.78 is 9.92. The third-order valence-corrected chi connectivity index (χ3v) is 5.43. The van der Waals surface area contributed by atoms with E-state index < -0.39 is 5.54 Å². The summed E-state index contributed by atoms with van der Waals surface area (Å²) in [4.78, 5) is 24.4. The summed E-state index contributed by atoms with van der Waals surface area (Å²) in [6, 6.07) is 0.244. The highest BCUT2D eigenvalue weighted by atomic mass is 35.5. The molecule has 7 heteroatoms. The standard InChI is InChI=1S/C17H30N2O4.ClH/c1-17(10-22-2,9-14(20)23-3)19-16(21)13-7-11-5-4-6-12(8-13)15(11)18;/h11-13,15H,4-10,18H2,1-3H3,(H,19,21);1H. The third-order valence-electron chi connectivity index (χ3n) is 5.43. The van der Waals surface area contributed by atoms with Crippen LogP contribution in [0.25, 0.3) is 0 Å². The summed E-state index contributed by atoms with van der Waals surface area (Å²) in [5.41, 5.74) is 5.55. The number of carbonyl (C=O) groups excluding carboxylic acids is 2. The Hall–Kier alpha value is -0.850. The smallest absolute Gasteiger partial charge is 0.307 e. The van der Waals surface area contributed by atoms with Crippen molar-refractivity contribution in [1.29, 1.82) is 0 Å². The number of amides is 1. The third kappa shape index (κ3) is 5.07. The van der Waals surface area contributed by atoms with Gasteiger partial charge >= 0.3 is 5.97 Å². The molecule has 2 aliphatic rings. The zero-order valence-electron chi connectivity index (χ0n) is 14.9. The summed E-state index contributed by atoms with van der Waals surface area (Å²) in [5.74, 6) is 0.545. The summed E-state index contributed by atoms with van der Waals surface area (Å²) in [7, 11) is 2.91. The van der Waals surface area contributed by atoms with Gasteiger partial charge in [-0.3, -0.25) is 9.59 Å². The number of fused-ring (bicyclic) bond motifs is 2. The molecule has 3 atom stereocenters. The zero-order valence-corrected chi connectivity index (χ0v) is 15.7. The van der Waals surface area contributed by atoms with E-state index in [2.05, 4.69) is 5.32 Å². The van der Waals surface area contributed by atoms with Gasteiger partial charge in [-0.25, -0.2) is 0 Å². The summed E-state index contributed by atoms with van der Waals surface area (Å²) in [6.07, 6.45) is 5.27. The fraction of sp³-hybridized carbons (Fsp3) is 0.882. The molecule has 0 spiro atoms. The van der Waals surface area contributed by atoms with Gasteiger partial charge in [0.1, 0.15) is 0 Å². The van der Waals surface area contributed by atoms with E-state index >= 15 is 0 Å². The molecule has 6 nitrogen and oxygen atoms in total. The van der Waals surface area contributed by atoms with Gasteiger partial charge < -0.3 is 20.5 Å². The molecule has 140 valence electrons. The average Bonchev–Trinajstić information content (AvgIpc) is 2.46. The highest BCUT2D eigenvalue weighted by Crippen LogP contribution is 2.42. The van der Waals surface area contributed by atoms with Gasteiger partial charge in [0.05, 0.1) is 25.7 Å². The normalized spacial score (nSPS) is 31.3. The first-order valence-electron chi connectivity index (χ1n) is 8.52. The highest BCUT2D eigenvalue weighted by Gasteiger charge is 2.42. The SMILES string of the molecule is COCC(C)(CC(=O)OC)NC(=O)C1CC2CCCC(C1)C2N.Cl. The Kier molecular flexibility index (Phi) is 7.96. The van der Waals surface area contributed by atoms with Crippen molar-refractivity contribution < 1.29 is 19.1 Å². The van der Waals surface area contributed by atoms with Crippen molar-refractivity contribution in [1.82, 2.24) is 5.32 Å². The van der Waals surface area contributed by atoms with Crippen molar-refractivity contribution in [3.05, 3.63) is 0 Å². The van der Waals surface area contributed by atoms with E-state index in [9.17, 15) is 9.59 Å². The molecule has 0 aromatic carbocycles. The van der Waals surface area contributed by atoms with Gasteiger partial charge in [0.2, 0.25) is 5.91 Å². The minimum atomic E-state index is -0.742. The monoisotopic (exact) mass is 362 g/mol. The molecule has 0 aliphatic heterocycles. The summed E-state index contributed by atoms with van der Waals surface area (Å²) >= 11 is 0. The second-order valence-corrected chi connectivity index (χ2v) is 7.43. The van der Waals surface area contributed by atoms with Crippen LogP contribution in [0, 0.1) is 17.8 Å². The van der Waals surface area contributed by atoms with Crippen LogP contribution in [0.1, 0.15) is 45.4 Å². The number of nitrogens with one attached hydrogen (secondary N) is 1. The molecular weight excluding hydrogens is 332 g/mol. The van der Waals surface area contributed by atoms with E-state index in [0.717, 1.165) is 25.7 Å². The minimum absolute atomic E-state index is 0. The van der Waals surface area contributed by atoms with Crippen LogP contribution >= 0.6 is 12.4 Å². The lowest BCUT2D eigenvalue weighted by Crippen LogP contribution is -2.55. The lowest BCUT2D eigenvalue weighted by atomic mass is 9.65. The number of hydrogen-bond donors (Lipinski definition) is 2. The van der Waals surface area contributed by atoms with Crippen LogP contribution in [-0.4, -0.2) is 44.3 Å². The molecule has 2 bridgehead atoms. The Morgan fingerprint density at radius 3 is 2.29 bits per heavy atom. The van der Waals surface area contributed by atoms with Crippen LogP contribution < -0.4 is 11.1 Å². The van der Waals surface area contributed by atoms with Gasteiger partial charge in [0.25, 0.3) is 0 Å². The second kappa shape index (κ2) is 9.02. The predicted molar refractivity (Wildman–Crippen MR) is 93.8 cm³/mol. The van der Waals surface area contributed by atoms with Crippen LogP contribution in [0.4, 0.5) is 0 Å². The van der Waals surface area contributed by atoms with Gasteiger partial charge in [-0.2, -0.15) is 0 Å². The van der Waals surface area contributed by atoms with Crippen LogP contribution in [0.15, 0.2) is 0 Å². The molecule has 2 saturated carbocycles. The van der Waals surface area contributed by atoms with Crippen molar-refractivity contribution in [3.8, 4) is 0 Å². The molecule has 0 heterocycles. The molecule has 1 amide bonds. The van der Waals surface area contributed by atoms with Gasteiger partial charge in [-0.05, 0) is 44.4 Å². The Bertz CT molecular complexity index is 434. The molecule has 2 rings (SSSR count). The molecule has 24 heavy (non-hydrogen) atoms. The molecule has 0 radical (unpaired) electrons. The molecule has 0 aromatic rings. The van der Waals surface area contributed by atoms with Gasteiger partial charge in [-0.1, -0.05) is 6.42 Å². The van der Waals surface area contributed by atoms with Crippen molar-refractivity contribution in [2.24, 2.45) is 23.5 Å². The van der Waals surface area contributed by atoms with Gasteiger partial charge in [0, 0.05) is 19.1 Å². The minimum Gasteiger partial charge on any atom is -0.469 e. The van der Waals surface area contributed by atoms with E-state index in [1.54, 1.807) is 7.11 Å². The first-order valence-corrected chi connectivity index (χ1v) is 8.52. The maximum Gasteiger partial charge on any atom is 0.307 e. The van der Waals surface area contributed by atoms with E-state index in [4.69, 9.17) is 15.2 Å². The van der Waals surface area contributed by atoms with Crippen molar-refractivity contribution in [2.45, 2.75) is 57.0 Å². The number of carbonyl (C=O) groups is 2. The largest absolute Gasteiger partial charge is 0.469 e.